The second-order valence-corrected chi connectivity index (χ2v) is 10.4. The van der Waals surface area contributed by atoms with Crippen LogP contribution in [0, 0.1) is 0 Å². The minimum absolute atomic E-state index is 0.0456. The molecule has 2 aliphatic rings. The summed E-state index contributed by atoms with van der Waals surface area (Å²) in [6.45, 7) is 5.47. The van der Waals surface area contributed by atoms with Crippen LogP contribution in [0.2, 0.25) is 0 Å². The third-order valence-corrected chi connectivity index (χ3v) is 6.77. The number of nitrogens with zero attached hydrogens (tertiary/aromatic N) is 2. The van der Waals surface area contributed by atoms with Gasteiger partial charge in [-0.25, -0.2) is 4.98 Å². The summed E-state index contributed by atoms with van der Waals surface area (Å²) in [4.78, 5) is 4.40. The lowest BCUT2D eigenvalue weighted by molar-refractivity contribution is -0.137. The number of anilines is 1. The van der Waals surface area contributed by atoms with Crippen molar-refractivity contribution in [3.05, 3.63) is 71.1 Å². The average Bonchev–Trinajstić information content (AvgIpc) is 3.28. The van der Waals surface area contributed by atoms with Crippen molar-refractivity contribution in [3.8, 4) is 5.75 Å². The molecular formula is C25H27F3N4OS2. The molecule has 3 N–H and O–H groups in total. The van der Waals surface area contributed by atoms with Crippen LogP contribution in [0.25, 0.3) is 5.57 Å². The third kappa shape index (κ3) is 6.17. The number of ether oxygens (including phenoxy) is 1. The molecule has 3 aromatic rings. The Balaban J connectivity index is 0.000000421. The molecule has 0 spiro atoms. The largest absolute Gasteiger partial charge is 0.487 e. The van der Waals surface area contributed by atoms with E-state index >= 15 is 0 Å². The number of nitrogens with one attached hydrogen (secondary N) is 1. The minimum atomic E-state index is -4.37. The van der Waals surface area contributed by atoms with E-state index in [4.69, 9.17) is 10.5 Å². The number of nitrogen functional groups attached to an aromatic ring is 1. The number of halogens is 3. The Morgan fingerprint density at radius 2 is 1.94 bits per heavy atom. The molecule has 3 heterocycles. The lowest BCUT2D eigenvalue weighted by Gasteiger charge is -2.39. The van der Waals surface area contributed by atoms with Gasteiger partial charge in [0.2, 0.25) is 0 Å². The van der Waals surface area contributed by atoms with E-state index in [1.54, 1.807) is 6.07 Å². The molecule has 1 unspecified atom stereocenters. The molecule has 0 radical (unpaired) electrons. The van der Waals surface area contributed by atoms with Gasteiger partial charge in [0.25, 0.3) is 0 Å². The Morgan fingerprint density at radius 1 is 1.17 bits per heavy atom. The monoisotopic (exact) mass is 520 g/mol. The number of rotatable bonds is 2. The van der Waals surface area contributed by atoms with Crippen molar-refractivity contribution in [2.45, 2.75) is 49.3 Å². The van der Waals surface area contributed by atoms with E-state index in [0.717, 1.165) is 33.9 Å². The van der Waals surface area contributed by atoms with E-state index in [-0.39, 0.29) is 5.92 Å². The maximum absolute atomic E-state index is 13.5. The van der Waals surface area contributed by atoms with Gasteiger partial charge in [-0.1, -0.05) is 18.2 Å². The highest BCUT2D eigenvalue weighted by atomic mass is 32.1. The maximum Gasteiger partial charge on any atom is 0.416 e. The Bertz CT molecular complexity index is 1210. The van der Waals surface area contributed by atoms with Crippen LogP contribution in [0.3, 0.4) is 0 Å². The van der Waals surface area contributed by atoms with Gasteiger partial charge in [0.15, 0.2) is 5.13 Å². The molecule has 5 nitrogen and oxygen atoms in total. The van der Waals surface area contributed by atoms with Crippen molar-refractivity contribution in [2.75, 3.05) is 18.8 Å². The van der Waals surface area contributed by atoms with E-state index in [1.165, 1.54) is 30.0 Å². The van der Waals surface area contributed by atoms with Gasteiger partial charge >= 0.3 is 6.18 Å². The fourth-order valence-corrected chi connectivity index (χ4v) is 4.97. The van der Waals surface area contributed by atoms with Crippen LogP contribution in [-0.4, -0.2) is 28.0 Å². The van der Waals surface area contributed by atoms with E-state index in [9.17, 15) is 13.2 Å². The Kier molecular flexibility index (Phi) is 7.44. The van der Waals surface area contributed by atoms with Gasteiger partial charge < -0.3 is 15.8 Å². The molecule has 1 atom stereocenters. The lowest BCUT2D eigenvalue weighted by Crippen LogP contribution is -2.35. The van der Waals surface area contributed by atoms with E-state index in [0.29, 0.717) is 30.1 Å². The topological polar surface area (TPSA) is 73.1 Å². The van der Waals surface area contributed by atoms with E-state index in [1.807, 2.05) is 38.1 Å². The highest BCUT2D eigenvalue weighted by molar-refractivity contribution is 7.80. The number of alkyl halides is 3. The van der Waals surface area contributed by atoms with Gasteiger partial charge in [-0.2, -0.15) is 17.5 Å². The SMILES string of the molecule is CC1(C)CC(c2ccc(C(F)(F)F)cc2C2=CCNCC2)c2ccc(S)cc2O1.Nc1ncns1. The molecule has 0 saturated carbocycles. The van der Waals surface area contributed by atoms with Crippen LogP contribution < -0.4 is 15.8 Å². The summed E-state index contributed by atoms with van der Waals surface area (Å²) in [5.41, 5.74) is 7.69. The van der Waals surface area contributed by atoms with Crippen molar-refractivity contribution < 1.29 is 17.9 Å². The first-order valence-corrected chi connectivity index (χ1v) is 12.4. The highest BCUT2D eigenvalue weighted by Gasteiger charge is 2.37. The van der Waals surface area contributed by atoms with Crippen LogP contribution >= 0.6 is 24.2 Å². The Hall–Kier alpha value is -2.56. The first-order chi connectivity index (χ1) is 16.5. The maximum atomic E-state index is 13.5. The summed E-state index contributed by atoms with van der Waals surface area (Å²) in [5, 5.41) is 3.76. The fourth-order valence-electron chi connectivity index (χ4n) is 4.48. The summed E-state index contributed by atoms with van der Waals surface area (Å²) in [5.74, 6) is 0.708. The lowest BCUT2D eigenvalue weighted by atomic mass is 9.76. The summed E-state index contributed by atoms with van der Waals surface area (Å²) in [6, 6.07) is 9.96. The van der Waals surface area contributed by atoms with Crippen LogP contribution in [0.5, 0.6) is 5.75 Å². The standard InChI is InChI=1S/C23H24F3NOS.C2H3N3S/c1-22(2)13-20(18-6-4-16(29)12-21(18)28-22)17-5-3-15(23(24,25)26)11-19(17)14-7-9-27-10-8-14;3-2-4-1-5-6-2/h3-7,11-12,20,27,29H,8-10,13H2,1-2H3;1H,(H2,3,4,5). The fraction of sp³-hybridized carbons (Fsp3) is 0.360. The predicted octanol–water partition coefficient (Wildman–Crippen LogP) is 6.18. The molecule has 0 amide bonds. The third-order valence-electron chi connectivity index (χ3n) is 6.00. The first kappa shape index (κ1) is 25.5. The molecule has 0 saturated heterocycles. The normalized spacial score (nSPS) is 19.0. The van der Waals surface area contributed by atoms with Crippen LogP contribution in [-0.2, 0) is 6.18 Å². The zero-order valence-corrected chi connectivity index (χ0v) is 21.1. The molecule has 0 fully saturated rings. The quantitative estimate of drug-likeness (QED) is 0.352. The Morgan fingerprint density at radius 3 is 2.54 bits per heavy atom. The van der Waals surface area contributed by atoms with Gasteiger partial charge in [0, 0.05) is 34.5 Å². The summed E-state index contributed by atoms with van der Waals surface area (Å²) >= 11 is 5.61. The number of nitrogens with two attached hydrogens (primary N) is 1. The molecule has 5 rings (SSSR count). The molecule has 1 aromatic heterocycles. The second kappa shape index (κ2) is 10.2. The van der Waals surface area contributed by atoms with Gasteiger partial charge in [0.05, 0.1) is 5.56 Å². The van der Waals surface area contributed by atoms with Crippen molar-refractivity contribution in [2.24, 2.45) is 0 Å². The summed E-state index contributed by atoms with van der Waals surface area (Å²) in [6.07, 6.45) is 0.471. The molecule has 35 heavy (non-hydrogen) atoms. The number of hydrogen-bond acceptors (Lipinski definition) is 7. The van der Waals surface area contributed by atoms with E-state index in [2.05, 4.69) is 27.3 Å². The van der Waals surface area contributed by atoms with Crippen molar-refractivity contribution >= 4 is 34.9 Å². The average molecular weight is 521 g/mol. The first-order valence-electron chi connectivity index (χ1n) is 11.2. The van der Waals surface area contributed by atoms with Gasteiger partial charge in [-0.05, 0) is 74.2 Å². The number of fused-ring (bicyclic) bond motifs is 1. The predicted molar refractivity (Wildman–Crippen MR) is 136 cm³/mol. The van der Waals surface area contributed by atoms with Crippen LogP contribution in [0.15, 0.2) is 53.7 Å². The van der Waals surface area contributed by atoms with Crippen LogP contribution in [0.4, 0.5) is 18.3 Å². The second-order valence-electron chi connectivity index (χ2n) is 9.10. The molecule has 0 aliphatic carbocycles. The van der Waals surface area contributed by atoms with Gasteiger partial charge in [-0.15, -0.1) is 12.6 Å². The summed E-state index contributed by atoms with van der Waals surface area (Å²) in [7, 11) is 0. The minimum Gasteiger partial charge on any atom is -0.487 e. The number of hydrogen-bond donors (Lipinski definition) is 3. The van der Waals surface area contributed by atoms with Gasteiger partial charge in [-0.3, -0.25) is 0 Å². The smallest absolute Gasteiger partial charge is 0.416 e. The Labute approximate surface area is 212 Å². The number of benzene rings is 2. The highest BCUT2D eigenvalue weighted by Crippen LogP contribution is 2.47. The molecule has 2 aromatic carbocycles. The number of thiol groups is 1. The van der Waals surface area contributed by atoms with Gasteiger partial charge in [0.1, 0.15) is 17.7 Å². The molecule has 0 bridgehead atoms. The van der Waals surface area contributed by atoms with E-state index < -0.39 is 17.3 Å². The molecular weight excluding hydrogens is 493 g/mol. The molecule has 2 aliphatic heterocycles. The number of aromatic nitrogens is 2. The molecule has 10 heteroatoms. The van der Waals surface area contributed by atoms with Crippen molar-refractivity contribution in [1.29, 1.82) is 0 Å². The van der Waals surface area contributed by atoms with Crippen molar-refractivity contribution in [1.82, 2.24) is 14.7 Å². The summed E-state index contributed by atoms with van der Waals surface area (Å²) < 4.78 is 50.2. The van der Waals surface area contributed by atoms with Crippen molar-refractivity contribution in [3.63, 3.8) is 0 Å². The van der Waals surface area contributed by atoms with Crippen LogP contribution in [0.1, 0.15) is 54.9 Å². The zero-order valence-electron chi connectivity index (χ0n) is 19.4. The molecule has 186 valence electrons. The zero-order chi connectivity index (χ0) is 25.2.